The number of anilines is 1. The van der Waals surface area contributed by atoms with E-state index in [1.54, 1.807) is 29.9 Å². The second-order valence-corrected chi connectivity index (χ2v) is 6.75. The SMILES string of the molecule is CCS(=O)(=O)c1ccc(NC(=O)c2cscn2)cc1. The van der Waals surface area contributed by atoms with E-state index in [-0.39, 0.29) is 16.6 Å². The van der Waals surface area contributed by atoms with Crippen molar-refractivity contribution in [1.82, 2.24) is 4.98 Å². The number of nitrogens with one attached hydrogen (secondary N) is 1. The molecule has 1 heterocycles. The van der Waals surface area contributed by atoms with Crippen LogP contribution in [-0.2, 0) is 9.84 Å². The van der Waals surface area contributed by atoms with E-state index in [1.165, 1.54) is 23.5 Å². The van der Waals surface area contributed by atoms with Gasteiger partial charge in [-0.25, -0.2) is 13.4 Å². The van der Waals surface area contributed by atoms with Gasteiger partial charge >= 0.3 is 0 Å². The van der Waals surface area contributed by atoms with E-state index >= 15 is 0 Å². The first kappa shape index (κ1) is 13.7. The zero-order chi connectivity index (χ0) is 13.9. The van der Waals surface area contributed by atoms with Crippen molar-refractivity contribution in [3.63, 3.8) is 0 Å². The van der Waals surface area contributed by atoms with Crippen molar-refractivity contribution < 1.29 is 13.2 Å². The van der Waals surface area contributed by atoms with Crippen LogP contribution in [0.15, 0.2) is 40.1 Å². The number of amides is 1. The number of benzene rings is 1. The van der Waals surface area contributed by atoms with Crippen LogP contribution >= 0.6 is 11.3 Å². The van der Waals surface area contributed by atoms with Gasteiger partial charge in [-0.05, 0) is 24.3 Å². The molecule has 1 N–H and O–H groups in total. The highest BCUT2D eigenvalue weighted by Gasteiger charge is 2.12. The van der Waals surface area contributed by atoms with Gasteiger partial charge < -0.3 is 5.32 Å². The zero-order valence-corrected chi connectivity index (χ0v) is 11.8. The third kappa shape index (κ3) is 3.18. The molecule has 2 rings (SSSR count). The van der Waals surface area contributed by atoms with Crippen molar-refractivity contribution in [2.45, 2.75) is 11.8 Å². The molecule has 0 aliphatic rings. The minimum Gasteiger partial charge on any atom is -0.321 e. The minimum atomic E-state index is -3.21. The van der Waals surface area contributed by atoms with Crippen LogP contribution in [0.1, 0.15) is 17.4 Å². The first-order valence-corrected chi connectivity index (χ1v) is 8.15. The van der Waals surface area contributed by atoms with Crippen molar-refractivity contribution >= 4 is 32.8 Å². The lowest BCUT2D eigenvalue weighted by molar-refractivity contribution is 0.102. The average molecular weight is 296 g/mol. The maximum Gasteiger partial charge on any atom is 0.275 e. The molecule has 7 heteroatoms. The largest absolute Gasteiger partial charge is 0.321 e. The number of carbonyl (C=O) groups is 1. The smallest absolute Gasteiger partial charge is 0.275 e. The predicted molar refractivity (Wildman–Crippen MR) is 74.2 cm³/mol. The fourth-order valence-electron chi connectivity index (χ4n) is 1.43. The fraction of sp³-hybridized carbons (Fsp3) is 0.167. The number of sulfone groups is 1. The van der Waals surface area contributed by atoms with Crippen molar-refractivity contribution in [2.24, 2.45) is 0 Å². The van der Waals surface area contributed by atoms with Crippen molar-refractivity contribution in [3.05, 3.63) is 40.8 Å². The van der Waals surface area contributed by atoms with E-state index in [1.807, 2.05) is 0 Å². The highest BCUT2D eigenvalue weighted by molar-refractivity contribution is 7.91. The Morgan fingerprint density at radius 3 is 2.53 bits per heavy atom. The van der Waals surface area contributed by atoms with Crippen molar-refractivity contribution in [1.29, 1.82) is 0 Å². The molecular formula is C12H12N2O3S2. The second-order valence-electron chi connectivity index (χ2n) is 3.76. The summed E-state index contributed by atoms with van der Waals surface area (Å²) < 4.78 is 23.3. The van der Waals surface area contributed by atoms with Gasteiger partial charge in [0.05, 0.1) is 16.2 Å². The summed E-state index contributed by atoms with van der Waals surface area (Å²) in [4.78, 5) is 15.9. The lowest BCUT2D eigenvalue weighted by Gasteiger charge is -2.05. The highest BCUT2D eigenvalue weighted by Crippen LogP contribution is 2.16. The maximum absolute atomic E-state index is 11.7. The summed E-state index contributed by atoms with van der Waals surface area (Å²) >= 11 is 1.34. The van der Waals surface area contributed by atoms with Crippen LogP contribution in [0.5, 0.6) is 0 Å². The summed E-state index contributed by atoms with van der Waals surface area (Å²) in [6.07, 6.45) is 0. The Hall–Kier alpha value is -1.73. The Balaban J connectivity index is 2.14. The van der Waals surface area contributed by atoms with Crippen molar-refractivity contribution in [3.8, 4) is 0 Å². The van der Waals surface area contributed by atoms with E-state index in [9.17, 15) is 13.2 Å². The van der Waals surface area contributed by atoms with Crippen LogP contribution in [0.25, 0.3) is 0 Å². The summed E-state index contributed by atoms with van der Waals surface area (Å²) in [5, 5.41) is 4.30. The third-order valence-corrected chi connectivity index (χ3v) is 4.85. The van der Waals surface area contributed by atoms with Gasteiger partial charge in [-0.15, -0.1) is 11.3 Å². The first-order chi connectivity index (χ1) is 9.03. The summed E-state index contributed by atoms with van der Waals surface area (Å²) in [5.74, 6) is -0.260. The normalized spacial score (nSPS) is 11.2. The van der Waals surface area contributed by atoms with E-state index in [0.717, 1.165) is 0 Å². The number of hydrogen-bond acceptors (Lipinski definition) is 5. The Kier molecular flexibility index (Phi) is 3.96. The molecule has 1 aromatic heterocycles. The molecule has 0 unspecified atom stereocenters. The average Bonchev–Trinajstić information content (AvgIpc) is 2.93. The van der Waals surface area contributed by atoms with Gasteiger partial charge in [-0.1, -0.05) is 6.92 Å². The Morgan fingerprint density at radius 1 is 1.32 bits per heavy atom. The van der Waals surface area contributed by atoms with E-state index < -0.39 is 9.84 Å². The molecule has 19 heavy (non-hydrogen) atoms. The number of nitrogens with zero attached hydrogens (tertiary/aromatic N) is 1. The summed E-state index contributed by atoms with van der Waals surface area (Å²) in [7, 11) is -3.21. The van der Waals surface area contributed by atoms with Gasteiger partial charge in [0.2, 0.25) is 0 Å². The molecule has 0 bridgehead atoms. The molecule has 0 saturated carbocycles. The molecule has 0 saturated heterocycles. The summed E-state index contributed by atoms with van der Waals surface area (Å²) in [6, 6.07) is 6.09. The molecule has 2 aromatic rings. The number of carbonyl (C=O) groups excluding carboxylic acids is 1. The molecule has 1 aromatic carbocycles. The van der Waals surface area contributed by atoms with E-state index in [4.69, 9.17) is 0 Å². The standard InChI is InChI=1S/C12H12N2O3S2/c1-2-19(16,17)10-5-3-9(4-6-10)14-12(15)11-7-18-8-13-11/h3-8H,2H2,1H3,(H,14,15). The molecule has 0 aliphatic heterocycles. The number of aromatic nitrogens is 1. The highest BCUT2D eigenvalue weighted by atomic mass is 32.2. The number of thiazole rings is 1. The fourth-order valence-corrected chi connectivity index (χ4v) is 2.85. The topological polar surface area (TPSA) is 76.1 Å². The predicted octanol–water partition coefficient (Wildman–Crippen LogP) is 2.19. The zero-order valence-electron chi connectivity index (χ0n) is 10.2. The molecular weight excluding hydrogens is 284 g/mol. The first-order valence-electron chi connectivity index (χ1n) is 5.55. The van der Waals surface area contributed by atoms with E-state index in [2.05, 4.69) is 10.3 Å². The Morgan fingerprint density at radius 2 is 2.00 bits per heavy atom. The Labute approximate surface area is 115 Å². The molecule has 0 atom stereocenters. The molecule has 0 spiro atoms. The molecule has 0 fully saturated rings. The lowest BCUT2D eigenvalue weighted by Crippen LogP contribution is -2.12. The molecule has 5 nitrogen and oxygen atoms in total. The summed E-state index contributed by atoms with van der Waals surface area (Å²) in [6.45, 7) is 1.59. The van der Waals surface area contributed by atoms with E-state index in [0.29, 0.717) is 11.4 Å². The van der Waals surface area contributed by atoms with Gasteiger partial charge in [-0.2, -0.15) is 0 Å². The third-order valence-electron chi connectivity index (χ3n) is 2.52. The van der Waals surface area contributed by atoms with Gasteiger partial charge in [-0.3, -0.25) is 4.79 Å². The monoisotopic (exact) mass is 296 g/mol. The van der Waals surface area contributed by atoms with Crippen molar-refractivity contribution in [2.75, 3.05) is 11.1 Å². The second kappa shape index (κ2) is 5.50. The minimum absolute atomic E-state index is 0.0531. The van der Waals surface area contributed by atoms with Crippen LogP contribution in [0, 0.1) is 0 Å². The maximum atomic E-state index is 11.7. The number of hydrogen-bond donors (Lipinski definition) is 1. The van der Waals surface area contributed by atoms with Gasteiger partial charge in [0.15, 0.2) is 9.84 Å². The lowest BCUT2D eigenvalue weighted by atomic mass is 10.3. The molecule has 0 aliphatic carbocycles. The number of rotatable bonds is 4. The quantitative estimate of drug-likeness (QED) is 0.938. The molecule has 1 amide bonds. The van der Waals surface area contributed by atoms with Gasteiger partial charge in [0.25, 0.3) is 5.91 Å². The van der Waals surface area contributed by atoms with Gasteiger partial charge in [0.1, 0.15) is 5.69 Å². The summed E-state index contributed by atoms with van der Waals surface area (Å²) in [5.41, 5.74) is 2.45. The van der Waals surface area contributed by atoms with Crippen LogP contribution < -0.4 is 5.32 Å². The van der Waals surface area contributed by atoms with Crippen LogP contribution in [0.3, 0.4) is 0 Å². The molecule has 100 valence electrons. The van der Waals surface area contributed by atoms with Crippen LogP contribution in [0.4, 0.5) is 5.69 Å². The van der Waals surface area contributed by atoms with Gasteiger partial charge in [0, 0.05) is 11.1 Å². The van der Waals surface area contributed by atoms with Crippen LogP contribution in [0.2, 0.25) is 0 Å². The Bertz CT molecular complexity index is 662. The van der Waals surface area contributed by atoms with Crippen LogP contribution in [-0.4, -0.2) is 25.1 Å². The molecule has 0 radical (unpaired) electrons.